The van der Waals surface area contributed by atoms with Crippen molar-refractivity contribution in [1.29, 1.82) is 0 Å². The van der Waals surface area contributed by atoms with Gasteiger partial charge in [-0.2, -0.15) is 0 Å². The van der Waals surface area contributed by atoms with E-state index in [0.29, 0.717) is 5.69 Å². The Balaban J connectivity index is 2.86. The Hall–Kier alpha value is -1.42. The van der Waals surface area contributed by atoms with Gasteiger partial charge in [0.05, 0.1) is 5.92 Å². The van der Waals surface area contributed by atoms with Crippen molar-refractivity contribution in [3.8, 4) is 0 Å². The molecule has 1 aromatic carbocycles. The average Bonchev–Trinajstić information content (AvgIpc) is 2.26. The molecular weight excluding hydrogens is 207 g/mol. The lowest BCUT2D eigenvalue weighted by molar-refractivity contribution is -0.122. The molecule has 0 bridgehead atoms. The highest BCUT2D eigenvalue weighted by atomic mass is 19.1. The van der Waals surface area contributed by atoms with Crippen LogP contribution in [0, 0.1) is 11.7 Å². The maximum atomic E-state index is 13.0. The maximum Gasteiger partial charge on any atom is 0.231 e. The Bertz CT molecular complexity index is 379. The van der Waals surface area contributed by atoms with Crippen LogP contribution < -0.4 is 10.6 Å². The minimum absolute atomic E-state index is 0.111. The van der Waals surface area contributed by atoms with Gasteiger partial charge in [-0.3, -0.25) is 4.79 Å². The molecule has 0 spiro atoms. The van der Waals surface area contributed by atoms with E-state index in [-0.39, 0.29) is 23.7 Å². The van der Waals surface area contributed by atoms with Gasteiger partial charge < -0.3 is 10.6 Å². The highest BCUT2D eigenvalue weighted by Crippen LogP contribution is 2.17. The lowest BCUT2D eigenvalue weighted by atomic mass is 10.0. The van der Waals surface area contributed by atoms with Crippen molar-refractivity contribution in [2.45, 2.75) is 19.9 Å². The van der Waals surface area contributed by atoms with Gasteiger partial charge in [0.15, 0.2) is 0 Å². The molecule has 3 nitrogen and oxygen atoms in total. The third-order valence-corrected chi connectivity index (χ3v) is 2.70. The lowest BCUT2D eigenvalue weighted by Gasteiger charge is -2.23. The summed E-state index contributed by atoms with van der Waals surface area (Å²) < 4.78 is 13.0. The van der Waals surface area contributed by atoms with Crippen molar-refractivity contribution in [1.82, 2.24) is 0 Å². The number of carbonyl (C=O) groups is 1. The highest BCUT2D eigenvalue weighted by molar-refractivity contribution is 5.94. The molecule has 0 heterocycles. The molecule has 1 rings (SSSR count). The number of amides is 1. The van der Waals surface area contributed by atoms with E-state index in [4.69, 9.17) is 5.73 Å². The number of hydrogen-bond donors (Lipinski definition) is 1. The van der Waals surface area contributed by atoms with Crippen molar-refractivity contribution < 1.29 is 9.18 Å². The first-order valence-corrected chi connectivity index (χ1v) is 5.22. The first-order chi connectivity index (χ1) is 7.43. The van der Waals surface area contributed by atoms with Crippen molar-refractivity contribution in [2.75, 3.05) is 11.9 Å². The molecule has 2 unspecified atom stereocenters. The van der Waals surface area contributed by atoms with E-state index in [9.17, 15) is 9.18 Å². The number of nitrogens with two attached hydrogens (primary N) is 1. The Labute approximate surface area is 95.0 Å². The molecule has 0 aromatic heterocycles. The first-order valence-electron chi connectivity index (χ1n) is 5.22. The monoisotopic (exact) mass is 224 g/mol. The zero-order valence-electron chi connectivity index (χ0n) is 9.77. The molecular formula is C12H17FN2O. The minimum atomic E-state index is -0.356. The molecule has 0 fully saturated rings. The second-order valence-electron chi connectivity index (χ2n) is 4.02. The highest BCUT2D eigenvalue weighted by Gasteiger charge is 2.21. The molecule has 0 aliphatic carbocycles. The Morgan fingerprint density at radius 1 is 1.44 bits per heavy atom. The van der Waals surface area contributed by atoms with Gasteiger partial charge in [-0.15, -0.1) is 0 Å². The van der Waals surface area contributed by atoms with Gasteiger partial charge in [0.25, 0.3) is 0 Å². The van der Waals surface area contributed by atoms with E-state index in [1.54, 1.807) is 33.0 Å². The number of benzene rings is 1. The third kappa shape index (κ3) is 2.79. The molecule has 88 valence electrons. The van der Waals surface area contributed by atoms with E-state index in [1.165, 1.54) is 17.0 Å². The van der Waals surface area contributed by atoms with Crippen LogP contribution in [0.2, 0.25) is 0 Å². The summed E-state index contributed by atoms with van der Waals surface area (Å²) in [5.74, 6) is -0.750. The third-order valence-electron chi connectivity index (χ3n) is 2.70. The van der Waals surface area contributed by atoms with Crippen LogP contribution in [0.4, 0.5) is 10.1 Å². The number of halogens is 1. The van der Waals surface area contributed by atoms with Gasteiger partial charge in [-0.1, -0.05) is 13.0 Å². The number of rotatable bonds is 3. The molecule has 0 aliphatic rings. The fourth-order valence-electron chi connectivity index (χ4n) is 1.34. The molecule has 2 N–H and O–H groups in total. The molecule has 0 saturated heterocycles. The Morgan fingerprint density at radius 3 is 2.56 bits per heavy atom. The maximum absolute atomic E-state index is 13.0. The van der Waals surface area contributed by atoms with Crippen LogP contribution in [0.1, 0.15) is 13.8 Å². The average molecular weight is 224 g/mol. The van der Waals surface area contributed by atoms with E-state index in [2.05, 4.69) is 0 Å². The summed E-state index contributed by atoms with van der Waals surface area (Å²) in [5, 5.41) is 0. The van der Waals surface area contributed by atoms with Crippen LogP contribution >= 0.6 is 0 Å². The summed E-state index contributed by atoms with van der Waals surface area (Å²) in [6.45, 7) is 3.55. The van der Waals surface area contributed by atoms with Crippen LogP contribution in [0.5, 0.6) is 0 Å². The molecule has 0 aliphatic heterocycles. The van der Waals surface area contributed by atoms with Crippen molar-refractivity contribution >= 4 is 11.6 Å². The topological polar surface area (TPSA) is 46.3 Å². The molecule has 4 heteroatoms. The predicted molar refractivity (Wildman–Crippen MR) is 62.6 cm³/mol. The van der Waals surface area contributed by atoms with E-state index >= 15 is 0 Å². The second kappa shape index (κ2) is 5.07. The quantitative estimate of drug-likeness (QED) is 0.850. The number of nitrogens with zero attached hydrogens (tertiary/aromatic N) is 1. The van der Waals surface area contributed by atoms with E-state index in [0.717, 1.165) is 0 Å². The molecule has 0 saturated carbocycles. The van der Waals surface area contributed by atoms with Gasteiger partial charge in [0, 0.05) is 18.8 Å². The van der Waals surface area contributed by atoms with Gasteiger partial charge in [0.2, 0.25) is 5.91 Å². The van der Waals surface area contributed by atoms with Crippen LogP contribution in [0.15, 0.2) is 24.3 Å². The lowest BCUT2D eigenvalue weighted by Crippen LogP contribution is -2.39. The molecule has 16 heavy (non-hydrogen) atoms. The van der Waals surface area contributed by atoms with E-state index in [1.807, 2.05) is 0 Å². The van der Waals surface area contributed by atoms with Crippen molar-refractivity contribution in [3.05, 3.63) is 30.1 Å². The summed E-state index contributed by atoms with van der Waals surface area (Å²) in [6.07, 6.45) is 0. The molecule has 1 amide bonds. The fraction of sp³-hybridized carbons (Fsp3) is 0.417. The Morgan fingerprint density at radius 2 is 2.06 bits per heavy atom. The number of hydrogen-bond acceptors (Lipinski definition) is 2. The van der Waals surface area contributed by atoms with Gasteiger partial charge in [-0.25, -0.2) is 4.39 Å². The second-order valence-corrected chi connectivity index (χ2v) is 4.02. The normalized spacial score (nSPS) is 14.3. The van der Waals surface area contributed by atoms with E-state index < -0.39 is 0 Å². The summed E-state index contributed by atoms with van der Waals surface area (Å²) in [6, 6.07) is 5.71. The molecule has 0 radical (unpaired) electrons. The number of carbonyl (C=O) groups excluding carboxylic acids is 1. The summed E-state index contributed by atoms with van der Waals surface area (Å²) in [4.78, 5) is 13.3. The predicted octanol–water partition coefficient (Wildman–Crippen LogP) is 1.77. The van der Waals surface area contributed by atoms with Gasteiger partial charge in [0.1, 0.15) is 5.82 Å². The van der Waals surface area contributed by atoms with Gasteiger partial charge >= 0.3 is 0 Å². The van der Waals surface area contributed by atoms with Crippen molar-refractivity contribution in [2.24, 2.45) is 11.7 Å². The SMILES string of the molecule is CC(N)C(C)C(=O)N(C)c1cccc(F)c1. The summed E-state index contributed by atoms with van der Waals surface area (Å²) in [7, 11) is 1.62. The fourth-order valence-corrected chi connectivity index (χ4v) is 1.34. The zero-order valence-corrected chi connectivity index (χ0v) is 9.77. The summed E-state index contributed by atoms with van der Waals surface area (Å²) in [5.41, 5.74) is 6.20. The van der Waals surface area contributed by atoms with Crippen LogP contribution in [-0.4, -0.2) is 19.0 Å². The van der Waals surface area contributed by atoms with Crippen LogP contribution in [0.25, 0.3) is 0 Å². The largest absolute Gasteiger partial charge is 0.327 e. The molecule has 2 atom stereocenters. The number of anilines is 1. The van der Waals surface area contributed by atoms with Crippen molar-refractivity contribution in [3.63, 3.8) is 0 Å². The van der Waals surface area contributed by atoms with Crippen LogP contribution in [-0.2, 0) is 4.79 Å². The minimum Gasteiger partial charge on any atom is -0.327 e. The summed E-state index contributed by atoms with van der Waals surface area (Å²) >= 11 is 0. The van der Waals surface area contributed by atoms with Crippen LogP contribution in [0.3, 0.4) is 0 Å². The standard InChI is InChI=1S/C12H17FN2O/c1-8(9(2)14)12(16)15(3)11-6-4-5-10(13)7-11/h4-9H,14H2,1-3H3. The first kappa shape index (κ1) is 12.6. The Kier molecular flexibility index (Phi) is 4.01. The van der Waals surface area contributed by atoms with Gasteiger partial charge in [-0.05, 0) is 25.1 Å². The smallest absolute Gasteiger partial charge is 0.231 e. The molecule has 1 aromatic rings. The zero-order chi connectivity index (χ0) is 12.3.